The van der Waals surface area contributed by atoms with Gasteiger partial charge in [-0.15, -0.1) is 0 Å². The summed E-state index contributed by atoms with van der Waals surface area (Å²) in [5.74, 6) is 0.469. The highest BCUT2D eigenvalue weighted by Crippen LogP contribution is 2.23. The molecule has 0 aromatic carbocycles. The van der Waals surface area contributed by atoms with Crippen molar-refractivity contribution in [1.29, 1.82) is 0 Å². The predicted octanol–water partition coefficient (Wildman–Crippen LogP) is 1.62. The highest BCUT2D eigenvalue weighted by atomic mass is 16.3. The SMILES string of the molecule is C[C@H]1CC[C@@H](CO)CN1Cc1cccn1C. The minimum Gasteiger partial charge on any atom is -0.396 e. The van der Waals surface area contributed by atoms with Crippen LogP contribution in [0.1, 0.15) is 25.5 Å². The number of nitrogens with zero attached hydrogens (tertiary/aromatic N) is 2. The van der Waals surface area contributed by atoms with E-state index in [1.54, 1.807) is 0 Å². The lowest BCUT2D eigenvalue weighted by Gasteiger charge is -2.37. The molecule has 0 aliphatic carbocycles. The first-order valence-corrected chi connectivity index (χ1v) is 6.16. The third-order valence-electron chi connectivity index (χ3n) is 3.78. The number of hydrogen-bond donors (Lipinski definition) is 1. The lowest BCUT2D eigenvalue weighted by molar-refractivity contribution is 0.0756. The Morgan fingerprint density at radius 2 is 2.25 bits per heavy atom. The van der Waals surface area contributed by atoms with Gasteiger partial charge in [0.15, 0.2) is 0 Å². The molecule has 1 saturated heterocycles. The largest absolute Gasteiger partial charge is 0.396 e. The second kappa shape index (κ2) is 5.02. The van der Waals surface area contributed by atoms with Crippen LogP contribution in [0.2, 0.25) is 0 Å². The van der Waals surface area contributed by atoms with Gasteiger partial charge in [0, 0.05) is 44.7 Å². The lowest BCUT2D eigenvalue weighted by atomic mass is 9.94. The van der Waals surface area contributed by atoms with Gasteiger partial charge in [-0.3, -0.25) is 4.90 Å². The van der Waals surface area contributed by atoms with Gasteiger partial charge < -0.3 is 9.67 Å². The third kappa shape index (κ3) is 2.47. The maximum atomic E-state index is 9.24. The van der Waals surface area contributed by atoms with E-state index in [0.717, 1.165) is 13.1 Å². The van der Waals surface area contributed by atoms with Crippen LogP contribution in [0.25, 0.3) is 0 Å². The van der Waals surface area contributed by atoms with Gasteiger partial charge in [-0.25, -0.2) is 0 Å². The molecule has 0 bridgehead atoms. The number of aliphatic hydroxyl groups is 1. The highest BCUT2D eigenvalue weighted by molar-refractivity contribution is 5.06. The van der Waals surface area contributed by atoms with Crippen LogP contribution >= 0.6 is 0 Å². The summed E-state index contributed by atoms with van der Waals surface area (Å²) in [7, 11) is 2.09. The van der Waals surface area contributed by atoms with Crippen LogP contribution in [0.4, 0.5) is 0 Å². The van der Waals surface area contributed by atoms with Crippen molar-refractivity contribution in [3.05, 3.63) is 24.0 Å². The van der Waals surface area contributed by atoms with Crippen LogP contribution in [0.5, 0.6) is 0 Å². The number of hydrogen-bond acceptors (Lipinski definition) is 2. The van der Waals surface area contributed by atoms with Gasteiger partial charge in [0.05, 0.1) is 0 Å². The van der Waals surface area contributed by atoms with Crippen molar-refractivity contribution < 1.29 is 5.11 Å². The number of piperidine rings is 1. The maximum absolute atomic E-state index is 9.24. The summed E-state index contributed by atoms with van der Waals surface area (Å²) in [6, 6.07) is 4.90. The van der Waals surface area contributed by atoms with Crippen LogP contribution in [0.15, 0.2) is 18.3 Å². The molecule has 3 nitrogen and oxygen atoms in total. The van der Waals surface area contributed by atoms with E-state index in [1.165, 1.54) is 18.5 Å². The molecule has 0 radical (unpaired) electrons. The van der Waals surface area contributed by atoms with Gasteiger partial charge in [-0.2, -0.15) is 0 Å². The van der Waals surface area contributed by atoms with E-state index in [-0.39, 0.29) is 0 Å². The molecular formula is C13H22N2O. The molecule has 90 valence electrons. The number of aryl methyl sites for hydroxylation is 1. The van der Waals surface area contributed by atoms with Crippen molar-refractivity contribution in [1.82, 2.24) is 9.47 Å². The van der Waals surface area contributed by atoms with Crippen LogP contribution in [-0.4, -0.2) is 33.8 Å². The summed E-state index contributed by atoms with van der Waals surface area (Å²) < 4.78 is 2.18. The van der Waals surface area contributed by atoms with E-state index in [4.69, 9.17) is 0 Å². The number of likely N-dealkylation sites (tertiary alicyclic amines) is 1. The van der Waals surface area contributed by atoms with E-state index >= 15 is 0 Å². The number of rotatable bonds is 3. The van der Waals surface area contributed by atoms with Crippen LogP contribution in [0, 0.1) is 5.92 Å². The smallest absolute Gasteiger partial charge is 0.0471 e. The van der Waals surface area contributed by atoms with Crippen LogP contribution in [0.3, 0.4) is 0 Å². The van der Waals surface area contributed by atoms with Crippen molar-refractivity contribution in [2.75, 3.05) is 13.2 Å². The quantitative estimate of drug-likeness (QED) is 0.842. The molecule has 1 fully saturated rings. The monoisotopic (exact) mass is 222 g/mol. The standard InChI is InChI=1S/C13H22N2O/c1-11-5-6-12(10-16)8-15(11)9-13-4-3-7-14(13)2/h3-4,7,11-12,16H,5-6,8-10H2,1-2H3/t11-,12+/m0/s1. The van der Waals surface area contributed by atoms with E-state index in [0.29, 0.717) is 18.6 Å². The topological polar surface area (TPSA) is 28.4 Å². The maximum Gasteiger partial charge on any atom is 0.0471 e. The van der Waals surface area contributed by atoms with E-state index in [2.05, 4.69) is 41.8 Å². The molecular weight excluding hydrogens is 200 g/mol. The second-order valence-electron chi connectivity index (χ2n) is 5.01. The van der Waals surface area contributed by atoms with Crippen molar-refractivity contribution in [2.24, 2.45) is 13.0 Å². The van der Waals surface area contributed by atoms with Crippen molar-refractivity contribution >= 4 is 0 Å². The average molecular weight is 222 g/mol. The fraction of sp³-hybridized carbons (Fsp3) is 0.692. The minimum atomic E-state index is 0.330. The van der Waals surface area contributed by atoms with Crippen LogP contribution < -0.4 is 0 Å². The Labute approximate surface area is 97.7 Å². The Morgan fingerprint density at radius 1 is 1.44 bits per heavy atom. The molecule has 1 N–H and O–H groups in total. The first-order chi connectivity index (χ1) is 7.70. The van der Waals surface area contributed by atoms with Crippen molar-refractivity contribution in [3.63, 3.8) is 0 Å². The summed E-state index contributed by atoms with van der Waals surface area (Å²) in [4.78, 5) is 2.49. The van der Waals surface area contributed by atoms with E-state index in [1.807, 2.05) is 0 Å². The summed E-state index contributed by atoms with van der Waals surface area (Å²) in [6.45, 7) is 4.65. The lowest BCUT2D eigenvalue weighted by Crippen LogP contribution is -2.42. The number of aromatic nitrogens is 1. The Balaban J connectivity index is 1.99. The van der Waals surface area contributed by atoms with Gasteiger partial charge in [0.2, 0.25) is 0 Å². The molecule has 0 unspecified atom stereocenters. The Bertz CT molecular complexity index is 334. The first-order valence-electron chi connectivity index (χ1n) is 6.16. The average Bonchev–Trinajstić information content (AvgIpc) is 2.68. The van der Waals surface area contributed by atoms with Gasteiger partial charge in [0.1, 0.15) is 0 Å². The van der Waals surface area contributed by atoms with Crippen molar-refractivity contribution in [3.8, 4) is 0 Å². The highest BCUT2D eigenvalue weighted by Gasteiger charge is 2.25. The zero-order valence-electron chi connectivity index (χ0n) is 10.3. The van der Waals surface area contributed by atoms with E-state index < -0.39 is 0 Å². The molecule has 1 aromatic heterocycles. The van der Waals surface area contributed by atoms with Gasteiger partial charge in [-0.05, 0) is 37.8 Å². The Hall–Kier alpha value is -0.800. The van der Waals surface area contributed by atoms with Crippen molar-refractivity contribution in [2.45, 2.75) is 32.4 Å². The van der Waals surface area contributed by atoms with E-state index in [9.17, 15) is 5.11 Å². The zero-order chi connectivity index (χ0) is 11.5. The predicted molar refractivity (Wildman–Crippen MR) is 65.1 cm³/mol. The first kappa shape index (κ1) is 11.7. The molecule has 0 saturated carbocycles. The fourth-order valence-corrected chi connectivity index (χ4v) is 2.50. The molecule has 16 heavy (non-hydrogen) atoms. The second-order valence-corrected chi connectivity index (χ2v) is 5.01. The molecule has 1 aromatic rings. The molecule has 2 atom stereocenters. The third-order valence-corrected chi connectivity index (χ3v) is 3.78. The fourth-order valence-electron chi connectivity index (χ4n) is 2.50. The minimum absolute atomic E-state index is 0.330. The summed E-state index contributed by atoms with van der Waals surface area (Å²) >= 11 is 0. The zero-order valence-corrected chi connectivity index (χ0v) is 10.3. The molecule has 1 aliphatic rings. The molecule has 0 amide bonds. The Kier molecular flexibility index (Phi) is 3.66. The van der Waals surface area contributed by atoms with Gasteiger partial charge in [0.25, 0.3) is 0 Å². The Morgan fingerprint density at radius 3 is 2.88 bits per heavy atom. The van der Waals surface area contributed by atoms with Gasteiger partial charge in [-0.1, -0.05) is 0 Å². The molecule has 3 heteroatoms. The molecule has 1 aliphatic heterocycles. The summed E-state index contributed by atoms with van der Waals surface area (Å²) in [5.41, 5.74) is 1.35. The molecule has 2 heterocycles. The molecule has 2 rings (SSSR count). The summed E-state index contributed by atoms with van der Waals surface area (Å²) in [6.07, 6.45) is 4.46. The molecule has 0 spiro atoms. The normalized spacial score (nSPS) is 27.2. The summed E-state index contributed by atoms with van der Waals surface area (Å²) in [5, 5.41) is 9.24. The van der Waals surface area contributed by atoms with Crippen LogP contribution in [-0.2, 0) is 13.6 Å². The van der Waals surface area contributed by atoms with Gasteiger partial charge >= 0.3 is 0 Å². The number of aliphatic hydroxyl groups excluding tert-OH is 1.